The molecule has 0 bridgehead atoms. The lowest BCUT2D eigenvalue weighted by atomic mass is 10.2. The van der Waals surface area contributed by atoms with Crippen LogP contribution >= 0.6 is 0 Å². The molecule has 0 fully saturated rings. The van der Waals surface area contributed by atoms with Crippen LogP contribution in [-0.2, 0) is 4.79 Å². The van der Waals surface area contributed by atoms with Crippen LogP contribution in [0.25, 0.3) is 0 Å². The first kappa shape index (κ1) is 13.1. The van der Waals surface area contributed by atoms with Gasteiger partial charge < -0.3 is 16.6 Å². The van der Waals surface area contributed by atoms with E-state index in [1.165, 1.54) is 0 Å². The molecular weight excluding hydrogens is 160 g/mol. The highest BCUT2D eigenvalue weighted by Gasteiger charge is 1.94. The molecule has 5 nitrogen and oxygen atoms in total. The van der Waals surface area contributed by atoms with Gasteiger partial charge in [-0.1, -0.05) is 13.0 Å². The highest BCUT2D eigenvalue weighted by Crippen LogP contribution is 1.92. The van der Waals surface area contributed by atoms with Crippen molar-refractivity contribution in [3.8, 4) is 0 Å². The third-order valence-corrected chi connectivity index (χ3v) is 0.848. The van der Waals surface area contributed by atoms with Crippen molar-refractivity contribution in [2.45, 2.75) is 20.3 Å². The summed E-state index contributed by atoms with van der Waals surface area (Å²) in [6.07, 6.45) is 2.47. The van der Waals surface area contributed by atoms with Crippen LogP contribution in [0, 0.1) is 0 Å². The van der Waals surface area contributed by atoms with E-state index in [4.69, 9.17) is 9.90 Å². The third kappa shape index (κ3) is 15.8. The SMILES string of the molecule is CC/C=C(\C)C(=O)O.NC(N)=O. The smallest absolute Gasteiger partial charge is 0.330 e. The van der Waals surface area contributed by atoms with Gasteiger partial charge in [0.05, 0.1) is 0 Å². The number of carbonyl (C=O) groups excluding carboxylic acids is 1. The molecule has 0 aromatic heterocycles. The molecule has 0 saturated heterocycles. The second-order valence-electron chi connectivity index (χ2n) is 2.00. The van der Waals surface area contributed by atoms with E-state index in [0.29, 0.717) is 5.57 Å². The summed E-state index contributed by atoms with van der Waals surface area (Å²) in [5.41, 5.74) is 8.92. The molecule has 0 aromatic carbocycles. The number of rotatable bonds is 2. The van der Waals surface area contributed by atoms with Gasteiger partial charge in [0.1, 0.15) is 0 Å². The molecule has 70 valence electrons. The van der Waals surface area contributed by atoms with Crippen molar-refractivity contribution in [3.05, 3.63) is 11.6 Å². The second-order valence-corrected chi connectivity index (χ2v) is 2.00. The quantitative estimate of drug-likeness (QED) is 0.529. The maximum atomic E-state index is 10.0. The number of nitrogens with two attached hydrogens (primary N) is 2. The molecule has 0 aliphatic heterocycles. The van der Waals surface area contributed by atoms with E-state index in [2.05, 4.69) is 11.5 Å². The lowest BCUT2D eigenvalue weighted by Gasteiger charge is -1.87. The molecule has 5 heteroatoms. The molecule has 0 saturated carbocycles. The van der Waals surface area contributed by atoms with Crippen LogP contribution in [0.2, 0.25) is 0 Å². The highest BCUT2D eigenvalue weighted by molar-refractivity contribution is 5.85. The molecule has 2 amide bonds. The van der Waals surface area contributed by atoms with Crippen molar-refractivity contribution < 1.29 is 14.7 Å². The Morgan fingerprint density at radius 1 is 1.42 bits per heavy atom. The first-order chi connectivity index (χ1) is 5.41. The number of aliphatic carboxylic acids is 1. The fourth-order valence-corrected chi connectivity index (χ4v) is 0.393. The van der Waals surface area contributed by atoms with E-state index in [1.54, 1.807) is 13.0 Å². The maximum absolute atomic E-state index is 10.0. The standard InChI is InChI=1S/C6H10O2.CH4N2O/c1-3-4-5(2)6(7)8;2-1(3)4/h4H,3H2,1-2H3,(H,7,8);(H4,2,3,4)/b5-4+;. The topological polar surface area (TPSA) is 106 Å². The van der Waals surface area contributed by atoms with E-state index in [0.717, 1.165) is 6.42 Å². The van der Waals surface area contributed by atoms with Gasteiger partial charge in [0.15, 0.2) is 0 Å². The molecule has 12 heavy (non-hydrogen) atoms. The van der Waals surface area contributed by atoms with Crippen molar-refractivity contribution in [1.82, 2.24) is 0 Å². The van der Waals surface area contributed by atoms with Gasteiger partial charge in [0.25, 0.3) is 0 Å². The molecule has 0 aromatic rings. The fraction of sp³-hybridized carbons (Fsp3) is 0.429. The molecule has 0 aliphatic carbocycles. The Hall–Kier alpha value is -1.52. The van der Waals surface area contributed by atoms with Crippen molar-refractivity contribution in [2.75, 3.05) is 0 Å². The molecule has 0 unspecified atom stereocenters. The number of amides is 2. The summed E-state index contributed by atoms with van der Waals surface area (Å²) in [4.78, 5) is 19.0. The van der Waals surface area contributed by atoms with Gasteiger partial charge in [-0.2, -0.15) is 0 Å². The number of carboxylic acid groups (broad SMARTS) is 1. The monoisotopic (exact) mass is 174 g/mol. The molecule has 0 radical (unpaired) electrons. The molecular formula is C7H14N2O3. The minimum absolute atomic E-state index is 0.424. The van der Waals surface area contributed by atoms with Crippen LogP contribution in [0.3, 0.4) is 0 Å². The molecule has 0 rings (SSSR count). The zero-order chi connectivity index (χ0) is 10.1. The molecule has 0 atom stereocenters. The average Bonchev–Trinajstić information content (AvgIpc) is 1.86. The van der Waals surface area contributed by atoms with Crippen molar-refractivity contribution in [1.29, 1.82) is 0 Å². The first-order valence-electron chi connectivity index (χ1n) is 3.36. The summed E-state index contributed by atoms with van der Waals surface area (Å²) in [7, 11) is 0. The number of urea groups is 1. The lowest BCUT2D eigenvalue weighted by molar-refractivity contribution is -0.132. The van der Waals surface area contributed by atoms with Gasteiger partial charge in [0, 0.05) is 5.57 Å². The van der Waals surface area contributed by atoms with Gasteiger partial charge in [-0.25, -0.2) is 9.59 Å². The van der Waals surface area contributed by atoms with E-state index in [1.807, 2.05) is 6.92 Å². The van der Waals surface area contributed by atoms with E-state index in [-0.39, 0.29) is 0 Å². The van der Waals surface area contributed by atoms with Gasteiger partial charge in [-0.05, 0) is 13.3 Å². The third-order valence-electron chi connectivity index (χ3n) is 0.848. The molecule has 0 heterocycles. The lowest BCUT2D eigenvalue weighted by Crippen LogP contribution is -2.18. The first-order valence-corrected chi connectivity index (χ1v) is 3.36. The Morgan fingerprint density at radius 2 is 1.75 bits per heavy atom. The van der Waals surface area contributed by atoms with Crippen LogP contribution in [-0.4, -0.2) is 17.1 Å². The van der Waals surface area contributed by atoms with Crippen molar-refractivity contribution >= 4 is 12.0 Å². The van der Waals surface area contributed by atoms with Crippen LogP contribution in [0.4, 0.5) is 4.79 Å². The van der Waals surface area contributed by atoms with E-state index >= 15 is 0 Å². The number of carboxylic acids is 1. The second kappa shape index (κ2) is 7.59. The Bertz CT molecular complexity index is 183. The minimum atomic E-state index is -0.833. The largest absolute Gasteiger partial charge is 0.478 e. The number of primary amides is 2. The Labute approximate surface area is 71.0 Å². The summed E-state index contributed by atoms with van der Waals surface area (Å²) in [6.45, 7) is 3.50. The highest BCUT2D eigenvalue weighted by atomic mass is 16.4. The summed E-state index contributed by atoms with van der Waals surface area (Å²) in [5.74, 6) is -0.827. The Morgan fingerprint density at radius 3 is 1.83 bits per heavy atom. The number of allylic oxidation sites excluding steroid dienone is 1. The predicted octanol–water partition coefficient (Wildman–Crippen LogP) is 0.451. The zero-order valence-corrected chi connectivity index (χ0v) is 7.20. The fourth-order valence-electron chi connectivity index (χ4n) is 0.393. The van der Waals surface area contributed by atoms with Gasteiger partial charge in [-0.15, -0.1) is 0 Å². The molecule has 0 aliphatic rings. The Kier molecular flexibility index (Phi) is 8.28. The van der Waals surface area contributed by atoms with Gasteiger partial charge in [0.2, 0.25) is 0 Å². The number of hydrogen-bond donors (Lipinski definition) is 3. The summed E-state index contributed by atoms with van der Waals surface area (Å²) >= 11 is 0. The van der Waals surface area contributed by atoms with Crippen LogP contribution in [0.1, 0.15) is 20.3 Å². The van der Waals surface area contributed by atoms with E-state index in [9.17, 15) is 4.79 Å². The van der Waals surface area contributed by atoms with E-state index < -0.39 is 12.0 Å². The normalized spacial score (nSPS) is 9.67. The molecule has 5 N–H and O–H groups in total. The van der Waals surface area contributed by atoms with Gasteiger partial charge in [-0.3, -0.25) is 0 Å². The van der Waals surface area contributed by atoms with Crippen molar-refractivity contribution in [2.24, 2.45) is 11.5 Å². The summed E-state index contributed by atoms with van der Waals surface area (Å²) in [5, 5.41) is 8.24. The summed E-state index contributed by atoms with van der Waals surface area (Å²) in [6, 6.07) is -0.833. The number of hydrogen-bond acceptors (Lipinski definition) is 2. The molecule has 0 spiro atoms. The van der Waals surface area contributed by atoms with Crippen LogP contribution < -0.4 is 11.5 Å². The predicted molar refractivity (Wildman–Crippen MR) is 45.5 cm³/mol. The zero-order valence-electron chi connectivity index (χ0n) is 7.20. The minimum Gasteiger partial charge on any atom is -0.478 e. The maximum Gasteiger partial charge on any atom is 0.330 e. The Balaban J connectivity index is 0. The summed E-state index contributed by atoms with van der Waals surface area (Å²) < 4.78 is 0. The average molecular weight is 174 g/mol. The van der Waals surface area contributed by atoms with Gasteiger partial charge >= 0.3 is 12.0 Å². The number of carbonyl (C=O) groups is 2. The van der Waals surface area contributed by atoms with Crippen LogP contribution in [0.15, 0.2) is 11.6 Å². The van der Waals surface area contributed by atoms with Crippen molar-refractivity contribution in [3.63, 3.8) is 0 Å². The van der Waals surface area contributed by atoms with Crippen LogP contribution in [0.5, 0.6) is 0 Å².